The van der Waals surface area contributed by atoms with Gasteiger partial charge in [-0.05, 0) is 18.6 Å². The molecule has 0 spiro atoms. The molecule has 3 aromatic rings. The van der Waals surface area contributed by atoms with Crippen LogP contribution in [0.3, 0.4) is 0 Å². The van der Waals surface area contributed by atoms with Gasteiger partial charge >= 0.3 is 5.97 Å². The molecule has 2 heterocycles. The number of hydrogen-bond donors (Lipinski definition) is 0. The maximum atomic E-state index is 12.5. The highest BCUT2D eigenvalue weighted by atomic mass is 32.1. The number of rotatable bonds is 8. The number of ether oxygens (including phenoxy) is 4. The van der Waals surface area contributed by atoms with Gasteiger partial charge in [0.15, 0.2) is 11.5 Å². The summed E-state index contributed by atoms with van der Waals surface area (Å²) < 4.78 is 22.3. The highest BCUT2D eigenvalue weighted by Gasteiger charge is 2.18. The van der Waals surface area contributed by atoms with Crippen LogP contribution in [0.4, 0.5) is 0 Å². The number of carbonyl (C=O) groups excluding carboxylic acids is 1. The van der Waals surface area contributed by atoms with E-state index in [0.29, 0.717) is 27.9 Å². The molecule has 154 valence electrons. The first kappa shape index (κ1) is 20.6. The van der Waals surface area contributed by atoms with Crippen molar-refractivity contribution in [2.24, 2.45) is 0 Å². The van der Waals surface area contributed by atoms with E-state index in [-0.39, 0.29) is 17.7 Å². The molecule has 9 nitrogen and oxygen atoms in total. The van der Waals surface area contributed by atoms with Gasteiger partial charge < -0.3 is 18.9 Å². The summed E-state index contributed by atoms with van der Waals surface area (Å²) in [6, 6.07) is 4.30. The lowest BCUT2D eigenvalue weighted by atomic mass is 10.2. The van der Waals surface area contributed by atoms with E-state index in [1.807, 2.05) is 6.92 Å². The SMILES string of the molecule is CCCc1nn2c(=O)cc(COC(=O)c3cc(OC)c(OC)c(OC)c3)nc2s1. The summed E-state index contributed by atoms with van der Waals surface area (Å²) in [6.45, 7) is 1.89. The molecule has 1 aromatic carbocycles. The Morgan fingerprint density at radius 2 is 1.79 bits per heavy atom. The number of esters is 1. The summed E-state index contributed by atoms with van der Waals surface area (Å²) in [4.78, 5) is 29.6. The van der Waals surface area contributed by atoms with Crippen LogP contribution in [0.25, 0.3) is 4.96 Å². The Morgan fingerprint density at radius 1 is 1.10 bits per heavy atom. The molecular weight excluding hydrogens is 398 g/mol. The van der Waals surface area contributed by atoms with Crippen molar-refractivity contribution < 1.29 is 23.7 Å². The Labute approximate surface area is 170 Å². The minimum atomic E-state index is -0.609. The van der Waals surface area contributed by atoms with Crippen molar-refractivity contribution in [2.75, 3.05) is 21.3 Å². The fraction of sp³-hybridized carbons (Fsp3) is 0.368. The number of carbonyl (C=O) groups is 1. The van der Waals surface area contributed by atoms with Crippen LogP contribution in [-0.2, 0) is 17.8 Å². The minimum Gasteiger partial charge on any atom is -0.493 e. The molecule has 0 bridgehead atoms. The van der Waals surface area contributed by atoms with Crippen LogP contribution in [0.1, 0.15) is 34.4 Å². The van der Waals surface area contributed by atoms with Crippen LogP contribution in [0.15, 0.2) is 23.0 Å². The zero-order valence-corrected chi connectivity index (χ0v) is 17.4. The van der Waals surface area contributed by atoms with Crippen molar-refractivity contribution in [1.29, 1.82) is 0 Å². The molecule has 0 fully saturated rings. The highest BCUT2D eigenvalue weighted by molar-refractivity contribution is 7.16. The fourth-order valence-electron chi connectivity index (χ4n) is 2.71. The minimum absolute atomic E-state index is 0.151. The summed E-state index contributed by atoms with van der Waals surface area (Å²) in [5.41, 5.74) is 0.259. The third-order valence-corrected chi connectivity index (χ3v) is 5.02. The number of aryl methyl sites for hydroxylation is 1. The molecule has 0 aliphatic heterocycles. The third-order valence-electron chi connectivity index (χ3n) is 4.06. The summed E-state index contributed by atoms with van der Waals surface area (Å²) in [7, 11) is 4.39. The van der Waals surface area contributed by atoms with E-state index in [9.17, 15) is 9.59 Å². The average Bonchev–Trinajstić information content (AvgIpc) is 3.14. The van der Waals surface area contributed by atoms with Gasteiger partial charge in [0.05, 0.1) is 32.6 Å². The van der Waals surface area contributed by atoms with Crippen molar-refractivity contribution in [2.45, 2.75) is 26.4 Å². The molecule has 0 amide bonds. The fourth-order valence-corrected chi connectivity index (χ4v) is 3.73. The van der Waals surface area contributed by atoms with Gasteiger partial charge in [0.2, 0.25) is 10.7 Å². The van der Waals surface area contributed by atoms with Crippen molar-refractivity contribution >= 4 is 22.3 Å². The number of fused-ring (bicyclic) bond motifs is 1. The second-order valence-corrected chi connectivity index (χ2v) is 7.06. The van der Waals surface area contributed by atoms with Crippen molar-refractivity contribution in [3.8, 4) is 17.2 Å². The second-order valence-electron chi connectivity index (χ2n) is 6.02. The molecule has 0 N–H and O–H groups in total. The van der Waals surface area contributed by atoms with Crippen LogP contribution in [0.5, 0.6) is 17.2 Å². The van der Waals surface area contributed by atoms with Crippen LogP contribution in [0.2, 0.25) is 0 Å². The molecule has 2 aromatic heterocycles. The molecule has 0 aliphatic rings. The molecule has 0 unspecified atom stereocenters. The highest BCUT2D eigenvalue weighted by Crippen LogP contribution is 2.38. The van der Waals surface area contributed by atoms with Gasteiger partial charge in [-0.3, -0.25) is 4.79 Å². The zero-order chi connectivity index (χ0) is 21.0. The molecule has 0 aliphatic carbocycles. The topological polar surface area (TPSA) is 101 Å². The average molecular weight is 419 g/mol. The van der Waals surface area contributed by atoms with Gasteiger partial charge in [-0.15, -0.1) is 0 Å². The quantitative estimate of drug-likeness (QED) is 0.513. The van der Waals surface area contributed by atoms with Crippen LogP contribution in [0, 0.1) is 0 Å². The van der Waals surface area contributed by atoms with Crippen molar-refractivity contribution in [3.63, 3.8) is 0 Å². The molecule has 10 heteroatoms. The summed E-state index contributed by atoms with van der Waals surface area (Å²) in [5, 5.41) is 5.09. The zero-order valence-electron chi connectivity index (χ0n) is 16.6. The molecular formula is C19H21N3O6S. The van der Waals surface area contributed by atoms with E-state index in [1.54, 1.807) is 0 Å². The van der Waals surface area contributed by atoms with Gasteiger partial charge in [-0.25, -0.2) is 9.78 Å². The summed E-state index contributed by atoms with van der Waals surface area (Å²) in [5.74, 6) is 0.441. The van der Waals surface area contributed by atoms with Crippen LogP contribution >= 0.6 is 11.3 Å². The largest absolute Gasteiger partial charge is 0.493 e. The van der Waals surface area contributed by atoms with Gasteiger partial charge in [0.1, 0.15) is 11.6 Å². The molecule has 0 radical (unpaired) electrons. The predicted octanol–water partition coefficient (Wildman–Crippen LogP) is 2.49. The molecule has 0 saturated heterocycles. The van der Waals surface area contributed by atoms with E-state index < -0.39 is 5.97 Å². The first-order valence-electron chi connectivity index (χ1n) is 8.86. The summed E-state index contributed by atoms with van der Waals surface area (Å²) in [6.07, 6.45) is 1.70. The summed E-state index contributed by atoms with van der Waals surface area (Å²) >= 11 is 1.35. The predicted molar refractivity (Wildman–Crippen MR) is 106 cm³/mol. The standard InChI is InChI=1S/C19H21N3O6S/c1-5-6-15-21-22-16(23)9-12(20-19(22)29-15)10-28-18(24)11-7-13(25-2)17(27-4)14(8-11)26-3/h7-9H,5-6,10H2,1-4H3. The van der Waals surface area contributed by atoms with E-state index >= 15 is 0 Å². The van der Waals surface area contributed by atoms with Crippen molar-refractivity contribution in [3.05, 3.63) is 44.8 Å². The lowest BCUT2D eigenvalue weighted by Crippen LogP contribution is -2.16. The van der Waals surface area contributed by atoms with Crippen molar-refractivity contribution in [1.82, 2.24) is 14.6 Å². The lowest BCUT2D eigenvalue weighted by molar-refractivity contribution is 0.0467. The number of aromatic nitrogens is 3. The van der Waals surface area contributed by atoms with E-state index in [1.165, 1.54) is 55.4 Å². The third kappa shape index (κ3) is 4.32. The van der Waals surface area contributed by atoms with Gasteiger partial charge in [0.25, 0.3) is 5.56 Å². The van der Waals surface area contributed by atoms with Crippen LogP contribution in [-0.4, -0.2) is 41.9 Å². The van der Waals surface area contributed by atoms with E-state index in [0.717, 1.165) is 17.8 Å². The number of benzene rings is 1. The Morgan fingerprint density at radius 3 is 2.38 bits per heavy atom. The molecule has 0 saturated carbocycles. The first-order valence-corrected chi connectivity index (χ1v) is 9.68. The number of methoxy groups -OCH3 is 3. The second kappa shape index (κ2) is 8.91. The monoisotopic (exact) mass is 419 g/mol. The van der Waals surface area contributed by atoms with E-state index in [4.69, 9.17) is 18.9 Å². The van der Waals surface area contributed by atoms with E-state index in [2.05, 4.69) is 10.1 Å². The smallest absolute Gasteiger partial charge is 0.338 e. The maximum Gasteiger partial charge on any atom is 0.338 e. The molecule has 0 atom stereocenters. The van der Waals surface area contributed by atoms with Crippen LogP contribution < -0.4 is 19.8 Å². The lowest BCUT2D eigenvalue weighted by Gasteiger charge is -2.13. The normalized spacial score (nSPS) is 10.8. The maximum absolute atomic E-state index is 12.5. The van der Waals surface area contributed by atoms with Gasteiger partial charge in [-0.2, -0.15) is 9.61 Å². The van der Waals surface area contributed by atoms with Gasteiger partial charge in [0, 0.05) is 12.5 Å². The Bertz CT molecular complexity index is 1070. The Kier molecular flexibility index (Phi) is 6.32. The Hall–Kier alpha value is -3.14. The molecule has 3 rings (SSSR count). The Balaban J connectivity index is 1.81. The molecule has 29 heavy (non-hydrogen) atoms. The number of hydrogen-bond acceptors (Lipinski definition) is 9. The van der Waals surface area contributed by atoms with Gasteiger partial charge in [-0.1, -0.05) is 18.3 Å². The first-order chi connectivity index (χ1) is 14.0. The number of nitrogens with zero attached hydrogens (tertiary/aromatic N) is 3.